The van der Waals surface area contributed by atoms with Crippen molar-refractivity contribution >= 4 is 0 Å². The van der Waals surface area contributed by atoms with Crippen LogP contribution in [0, 0.1) is 19.3 Å². The van der Waals surface area contributed by atoms with Crippen molar-refractivity contribution in [3.8, 4) is 0 Å². The van der Waals surface area contributed by atoms with Crippen molar-refractivity contribution in [1.29, 1.82) is 0 Å². The van der Waals surface area contributed by atoms with E-state index in [1.807, 2.05) is 0 Å². The standard InChI is InChI=1S/C13H16/c1-2-11-8-9-13(10-11)12-6-4-3-5-7-12/h3-7,9,11,13H,1-2,8,10H2. The molecule has 0 heterocycles. The lowest BCUT2D eigenvalue weighted by Crippen LogP contribution is -1.94. The molecule has 0 aliphatic heterocycles. The molecule has 1 aromatic carbocycles. The van der Waals surface area contributed by atoms with Crippen LogP contribution in [0.3, 0.4) is 0 Å². The summed E-state index contributed by atoms with van der Waals surface area (Å²) in [6.07, 6.45) is 6.08. The van der Waals surface area contributed by atoms with E-state index >= 15 is 0 Å². The van der Waals surface area contributed by atoms with Crippen molar-refractivity contribution in [2.75, 3.05) is 0 Å². The van der Waals surface area contributed by atoms with Crippen LogP contribution in [0.15, 0.2) is 30.3 Å². The fourth-order valence-corrected chi connectivity index (χ4v) is 2.12. The molecule has 0 bridgehead atoms. The Labute approximate surface area is 81.0 Å². The highest BCUT2D eigenvalue weighted by molar-refractivity contribution is 5.23. The summed E-state index contributed by atoms with van der Waals surface area (Å²) in [5.74, 6) is 1.51. The lowest BCUT2D eigenvalue weighted by Gasteiger charge is -2.09. The Balaban J connectivity index is 2.04. The van der Waals surface area contributed by atoms with E-state index in [1.165, 1.54) is 18.4 Å². The summed E-state index contributed by atoms with van der Waals surface area (Å²) in [5.41, 5.74) is 1.47. The van der Waals surface area contributed by atoms with Gasteiger partial charge in [-0.3, -0.25) is 0 Å². The molecule has 0 amide bonds. The first-order valence-corrected chi connectivity index (χ1v) is 5.07. The van der Waals surface area contributed by atoms with Crippen molar-refractivity contribution in [2.24, 2.45) is 5.92 Å². The molecule has 2 radical (unpaired) electrons. The van der Waals surface area contributed by atoms with Crippen LogP contribution in [0.1, 0.15) is 30.7 Å². The quantitative estimate of drug-likeness (QED) is 0.639. The van der Waals surface area contributed by atoms with Gasteiger partial charge < -0.3 is 0 Å². The SMILES string of the molecule is [CH2]CC1C[CH]C(c2ccccc2)C1. The van der Waals surface area contributed by atoms with Crippen LogP contribution in [0.25, 0.3) is 0 Å². The minimum Gasteiger partial charge on any atom is -0.0622 e. The number of hydrogen-bond acceptors (Lipinski definition) is 0. The van der Waals surface area contributed by atoms with Gasteiger partial charge in [0, 0.05) is 0 Å². The first kappa shape index (κ1) is 8.80. The Morgan fingerprint density at radius 2 is 2.00 bits per heavy atom. The molecule has 68 valence electrons. The van der Waals surface area contributed by atoms with Gasteiger partial charge in [0.15, 0.2) is 0 Å². The van der Waals surface area contributed by atoms with Crippen molar-refractivity contribution < 1.29 is 0 Å². The molecule has 2 unspecified atom stereocenters. The lowest BCUT2D eigenvalue weighted by atomic mass is 9.96. The molecule has 13 heavy (non-hydrogen) atoms. The van der Waals surface area contributed by atoms with Gasteiger partial charge in [0.25, 0.3) is 0 Å². The summed E-state index contributed by atoms with van der Waals surface area (Å²) >= 11 is 0. The molecule has 0 spiro atoms. The van der Waals surface area contributed by atoms with Crippen LogP contribution in [-0.2, 0) is 0 Å². The summed E-state index contributed by atoms with van der Waals surface area (Å²) in [6.45, 7) is 3.98. The predicted molar refractivity (Wildman–Crippen MR) is 56.2 cm³/mol. The number of hydrogen-bond donors (Lipinski definition) is 0. The van der Waals surface area contributed by atoms with E-state index in [0.717, 1.165) is 12.3 Å². The van der Waals surface area contributed by atoms with Gasteiger partial charge in [-0.15, -0.1) is 0 Å². The molecule has 0 N–H and O–H groups in total. The summed E-state index contributed by atoms with van der Waals surface area (Å²) < 4.78 is 0. The van der Waals surface area contributed by atoms with Gasteiger partial charge in [-0.1, -0.05) is 43.7 Å². The Kier molecular flexibility index (Phi) is 2.68. The van der Waals surface area contributed by atoms with Gasteiger partial charge in [-0.25, -0.2) is 0 Å². The van der Waals surface area contributed by atoms with E-state index in [2.05, 4.69) is 43.7 Å². The predicted octanol–water partition coefficient (Wildman–Crippen LogP) is 3.61. The minimum atomic E-state index is 0.688. The first-order chi connectivity index (χ1) is 6.40. The first-order valence-electron chi connectivity index (χ1n) is 5.07. The maximum Gasteiger partial charge on any atom is -0.0128 e. The van der Waals surface area contributed by atoms with E-state index in [4.69, 9.17) is 0 Å². The van der Waals surface area contributed by atoms with Gasteiger partial charge in [0.2, 0.25) is 0 Å². The molecule has 0 heteroatoms. The second-order valence-corrected chi connectivity index (χ2v) is 3.88. The fraction of sp³-hybridized carbons (Fsp3) is 0.385. The summed E-state index contributed by atoms with van der Waals surface area (Å²) in [7, 11) is 0. The van der Waals surface area contributed by atoms with Gasteiger partial charge in [-0.05, 0) is 36.7 Å². The largest absolute Gasteiger partial charge is 0.0622 e. The van der Waals surface area contributed by atoms with Crippen LogP contribution in [0.4, 0.5) is 0 Å². The average Bonchev–Trinajstić information content (AvgIpc) is 2.67. The topological polar surface area (TPSA) is 0 Å². The molecule has 0 aromatic heterocycles. The molecular formula is C13H16. The van der Waals surface area contributed by atoms with Crippen molar-refractivity contribution in [3.05, 3.63) is 49.2 Å². The van der Waals surface area contributed by atoms with Gasteiger partial charge >= 0.3 is 0 Å². The van der Waals surface area contributed by atoms with E-state index in [0.29, 0.717) is 5.92 Å². The summed E-state index contributed by atoms with van der Waals surface area (Å²) in [6, 6.07) is 10.8. The molecule has 2 rings (SSSR count). The van der Waals surface area contributed by atoms with E-state index < -0.39 is 0 Å². The van der Waals surface area contributed by atoms with E-state index in [1.54, 1.807) is 0 Å². The van der Waals surface area contributed by atoms with Crippen LogP contribution >= 0.6 is 0 Å². The Bertz CT molecular complexity index is 250. The van der Waals surface area contributed by atoms with Crippen LogP contribution in [-0.4, -0.2) is 0 Å². The van der Waals surface area contributed by atoms with Crippen molar-refractivity contribution in [2.45, 2.75) is 25.2 Å². The minimum absolute atomic E-state index is 0.688. The molecule has 1 aliphatic rings. The monoisotopic (exact) mass is 172 g/mol. The van der Waals surface area contributed by atoms with Crippen LogP contribution in [0.2, 0.25) is 0 Å². The zero-order valence-electron chi connectivity index (χ0n) is 7.95. The maximum atomic E-state index is 3.98. The van der Waals surface area contributed by atoms with Gasteiger partial charge in [0.1, 0.15) is 0 Å². The molecule has 0 saturated heterocycles. The third-order valence-electron chi connectivity index (χ3n) is 2.98. The normalized spacial score (nSPS) is 27.8. The Morgan fingerprint density at radius 1 is 1.23 bits per heavy atom. The molecular weight excluding hydrogens is 156 g/mol. The Morgan fingerprint density at radius 3 is 2.62 bits per heavy atom. The van der Waals surface area contributed by atoms with E-state index in [9.17, 15) is 0 Å². The number of rotatable bonds is 2. The van der Waals surface area contributed by atoms with Gasteiger partial charge in [-0.2, -0.15) is 0 Å². The molecule has 1 aliphatic carbocycles. The number of benzene rings is 1. The average molecular weight is 172 g/mol. The third kappa shape index (κ3) is 1.93. The second-order valence-electron chi connectivity index (χ2n) is 3.88. The molecule has 2 atom stereocenters. The Hall–Kier alpha value is -0.780. The molecule has 1 saturated carbocycles. The van der Waals surface area contributed by atoms with E-state index in [-0.39, 0.29) is 0 Å². The molecule has 0 nitrogen and oxygen atoms in total. The summed E-state index contributed by atoms with van der Waals surface area (Å²) in [4.78, 5) is 0. The van der Waals surface area contributed by atoms with Crippen LogP contribution < -0.4 is 0 Å². The van der Waals surface area contributed by atoms with Crippen LogP contribution in [0.5, 0.6) is 0 Å². The second kappa shape index (κ2) is 3.95. The van der Waals surface area contributed by atoms with Crippen molar-refractivity contribution in [1.82, 2.24) is 0 Å². The lowest BCUT2D eigenvalue weighted by molar-refractivity contribution is 0.546. The highest BCUT2D eigenvalue weighted by Gasteiger charge is 2.24. The summed E-state index contributed by atoms with van der Waals surface area (Å²) in [5, 5.41) is 0. The smallest absolute Gasteiger partial charge is 0.0128 e. The third-order valence-corrected chi connectivity index (χ3v) is 2.98. The maximum absolute atomic E-state index is 3.98. The van der Waals surface area contributed by atoms with Crippen molar-refractivity contribution in [3.63, 3.8) is 0 Å². The zero-order chi connectivity index (χ0) is 9.10. The highest BCUT2D eigenvalue weighted by Crippen LogP contribution is 2.38. The van der Waals surface area contributed by atoms with Gasteiger partial charge in [0.05, 0.1) is 0 Å². The molecule has 1 aromatic rings. The zero-order valence-corrected chi connectivity index (χ0v) is 7.95. The molecule has 1 fully saturated rings. The highest BCUT2D eigenvalue weighted by atomic mass is 14.3. The fourth-order valence-electron chi connectivity index (χ4n) is 2.12.